The highest BCUT2D eigenvalue weighted by atomic mass is 19.1. The number of primary amides is 1. The Balaban J connectivity index is 2.18. The maximum absolute atomic E-state index is 14.2. The second-order valence-electron chi connectivity index (χ2n) is 5.45. The smallest absolute Gasteiger partial charge is 0.229 e. The Morgan fingerprint density at radius 3 is 2.00 bits per heavy atom. The first-order chi connectivity index (χ1) is 11.6. The molecule has 2 nitrogen and oxygen atoms in total. The van der Waals surface area contributed by atoms with E-state index in [1.54, 1.807) is 48.5 Å². The van der Waals surface area contributed by atoms with Gasteiger partial charge in [0, 0.05) is 5.56 Å². The van der Waals surface area contributed by atoms with Crippen molar-refractivity contribution in [3.63, 3.8) is 0 Å². The van der Waals surface area contributed by atoms with Crippen LogP contribution in [-0.2, 0) is 4.79 Å². The second-order valence-corrected chi connectivity index (χ2v) is 5.45. The highest BCUT2D eigenvalue weighted by Crippen LogP contribution is 2.34. The molecule has 3 aromatic carbocycles. The van der Waals surface area contributed by atoms with Gasteiger partial charge in [0.05, 0.1) is 5.92 Å². The average molecular weight is 323 g/mol. The molecule has 0 heterocycles. The molecule has 0 fully saturated rings. The van der Waals surface area contributed by atoms with E-state index in [1.807, 2.05) is 6.07 Å². The van der Waals surface area contributed by atoms with Crippen molar-refractivity contribution in [1.29, 1.82) is 0 Å². The lowest BCUT2D eigenvalue weighted by atomic mass is 9.85. The van der Waals surface area contributed by atoms with Crippen molar-refractivity contribution < 1.29 is 13.6 Å². The van der Waals surface area contributed by atoms with Crippen LogP contribution in [-0.4, -0.2) is 5.91 Å². The van der Waals surface area contributed by atoms with E-state index in [2.05, 4.69) is 0 Å². The van der Waals surface area contributed by atoms with Gasteiger partial charge >= 0.3 is 0 Å². The van der Waals surface area contributed by atoms with Gasteiger partial charge in [0.1, 0.15) is 11.6 Å². The number of rotatable bonds is 4. The first kappa shape index (κ1) is 15.9. The van der Waals surface area contributed by atoms with Crippen molar-refractivity contribution in [2.45, 2.75) is 5.92 Å². The molecule has 0 aliphatic rings. The number of hydrogen-bond donors (Lipinski definition) is 1. The van der Waals surface area contributed by atoms with Crippen molar-refractivity contribution in [1.82, 2.24) is 0 Å². The van der Waals surface area contributed by atoms with Crippen LogP contribution in [0.15, 0.2) is 72.8 Å². The van der Waals surface area contributed by atoms with E-state index in [0.29, 0.717) is 11.1 Å². The van der Waals surface area contributed by atoms with Crippen LogP contribution in [0.4, 0.5) is 8.78 Å². The van der Waals surface area contributed by atoms with Crippen molar-refractivity contribution >= 4 is 5.91 Å². The van der Waals surface area contributed by atoms with E-state index < -0.39 is 17.6 Å². The van der Waals surface area contributed by atoms with Crippen LogP contribution in [0, 0.1) is 11.6 Å². The van der Waals surface area contributed by atoms with Crippen molar-refractivity contribution in [3.05, 3.63) is 95.6 Å². The van der Waals surface area contributed by atoms with Gasteiger partial charge < -0.3 is 5.73 Å². The van der Waals surface area contributed by atoms with Gasteiger partial charge in [-0.25, -0.2) is 8.78 Å². The minimum absolute atomic E-state index is 0.222. The van der Waals surface area contributed by atoms with Crippen LogP contribution >= 0.6 is 0 Å². The molecule has 0 aliphatic heterocycles. The number of nitrogens with two attached hydrogens (primary N) is 1. The third kappa shape index (κ3) is 3.04. The lowest BCUT2D eigenvalue weighted by Crippen LogP contribution is -2.23. The zero-order chi connectivity index (χ0) is 17.1. The first-order valence-corrected chi connectivity index (χ1v) is 7.46. The van der Waals surface area contributed by atoms with Crippen LogP contribution in [0.3, 0.4) is 0 Å². The van der Waals surface area contributed by atoms with Crippen LogP contribution in [0.2, 0.25) is 0 Å². The summed E-state index contributed by atoms with van der Waals surface area (Å²) >= 11 is 0. The summed E-state index contributed by atoms with van der Waals surface area (Å²) in [6, 6.07) is 19.1. The van der Waals surface area contributed by atoms with Gasteiger partial charge in [-0.05, 0) is 34.9 Å². The number of hydrogen-bond acceptors (Lipinski definition) is 1. The lowest BCUT2D eigenvalue weighted by Gasteiger charge is -2.19. The van der Waals surface area contributed by atoms with Crippen LogP contribution in [0.5, 0.6) is 0 Å². The monoisotopic (exact) mass is 323 g/mol. The fraction of sp³-hybridized carbons (Fsp3) is 0.0500. The van der Waals surface area contributed by atoms with E-state index in [9.17, 15) is 13.6 Å². The van der Waals surface area contributed by atoms with Gasteiger partial charge in [-0.2, -0.15) is 0 Å². The topological polar surface area (TPSA) is 43.1 Å². The molecule has 0 aromatic heterocycles. The third-order valence-corrected chi connectivity index (χ3v) is 3.93. The number of amides is 1. The van der Waals surface area contributed by atoms with Gasteiger partial charge in [-0.1, -0.05) is 54.6 Å². The number of benzene rings is 3. The summed E-state index contributed by atoms with van der Waals surface area (Å²) in [4.78, 5) is 12.1. The molecule has 0 aliphatic carbocycles. The standard InChI is InChI=1S/C20H15F2NO/c21-14-11-9-13(10-12-14)15-5-1-2-6-16(15)19(20(23)24)17-7-3-4-8-18(17)22/h1-12,19H,(H2,23,24). The zero-order valence-corrected chi connectivity index (χ0v) is 12.7. The molecule has 0 spiro atoms. The average Bonchev–Trinajstić information content (AvgIpc) is 2.58. The quantitative estimate of drug-likeness (QED) is 0.766. The van der Waals surface area contributed by atoms with Crippen LogP contribution in [0.25, 0.3) is 11.1 Å². The summed E-state index contributed by atoms with van der Waals surface area (Å²) in [7, 11) is 0. The van der Waals surface area contributed by atoms with Gasteiger partial charge in [0.2, 0.25) is 5.91 Å². The highest BCUT2D eigenvalue weighted by Gasteiger charge is 2.25. The van der Waals surface area contributed by atoms with Crippen LogP contribution < -0.4 is 5.73 Å². The van der Waals surface area contributed by atoms with E-state index in [-0.39, 0.29) is 11.4 Å². The molecule has 0 saturated heterocycles. The predicted molar refractivity (Wildman–Crippen MR) is 89.3 cm³/mol. The van der Waals surface area contributed by atoms with E-state index in [1.165, 1.54) is 18.2 Å². The summed E-state index contributed by atoms with van der Waals surface area (Å²) in [5, 5.41) is 0. The van der Waals surface area contributed by atoms with E-state index in [4.69, 9.17) is 5.73 Å². The zero-order valence-electron chi connectivity index (χ0n) is 12.7. The first-order valence-electron chi connectivity index (χ1n) is 7.46. The Bertz CT molecular complexity index is 875. The number of carbonyl (C=O) groups excluding carboxylic acids is 1. The van der Waals surface area contributed by atoms with Gasteiger partial charge in [-0.15, -0.1) is 0 Å². The second kappa shape index (κ2) is 6.62. The summed E-state index contributed by atoms with van der Waals surface area (Å²) in [5.74, 6) is -2.41. The SMILES string of the molecule is NC(=O)C(c1ccccc1F)c1ccccc1-c1ccc(F)cc1. The van der Waals surface area contributed by atoms with Gasteiger partial charge in [0.25, 0.3) is 0 Å². The van der Waals surface area contributed by atoms with E-state index >= 15 is 0 Å². The predicted octanol–water partition coefficient (Wildman–Crippen LogP) is 4.25. The maximum atomic E-state index is 14.2. The molecule has 1 unspecified atom stereocenters. The minimum Gasteiger partial charge on any atom is -0.369 e. The molecule has 0 radical (unpaired) electrons. The minimum atomic E-state index is -0.924. The Morgan fingerprint density at radius 1 is 0.792 bits per heavy atom. The van der Waals surface area contributed by atoms with Crippen LogP contribution in [0.1, 0.15) is 17.0 Å². The normalized spacial score (nSPS) is 11.9. The number of halogens is 2. The molecule has 2 N–H and O–H groups in total. The Morgan fingerprint density at radius 2 is 1.38 bits per heavy atom. The molecule has 0 saturated carbocycles. The molecule has 24 heavy (non-hydrogen) atoms. The summed E-state index contributed by atoms with van der Waals surface area (Å²) in [6.07, 6.45) is 0. The molecular weight excluding hydrogens is 308 g/mol. The van der Waals surface area contributed by atoms with Crippen molar-refractivity contribution in [2.75, 3.05) is 0 Å². The summed E-state index contributed by atoms with van der Waals surface area (Å²) < 4.78 is 27.4. The largest absolute Gasteiger partial charge is 0.369 e. The van der Waals surface area contributed by atoms with Crippen molar-refractivity contribution in [2.24, 2.45) is 5.73 Å². The molecular formula is C20H15F2NO. The molecule has 3 aromatic rings. The Kier molecular flexibility index (Phi) is 4.38. The summed E-state index contributed by atoms with van der Waals surface area (Å²) in [6.45, 7) is 0. The van der Waals surface area contributed by atoms with Gasteiger partial charge in [-0.3, -0.25) is 4.79 Å². The molecule has 4 heteroatoms. The fourth-order valence-electron chi connectivity index (χ4n) is 2.82. The highest BCUT2D eigenvalue weighted by molar-refractivity contribution is 5.88. The molecule has 120 valence electrons. The lowest BCUT2D eigenvalue weighted by molar-refractivity contribution is -0.118. The molecule has 3 rings (SSSR count). The Hall–Kier alpha value is -3.01. The maximum Gasteiger partial charge on any atom is 0.229 e. The Labute approximate surface area is 138 Å². The molecule has 1 amide bonds. The van der Waals surface area contributed by atoms with Gasteiger partial charge in [0.15, 0.2) is 0 Å². The van der Waals surface area contributed by atoms with E-state index in [0.717, 1.165) is 5.56 Å². The molecule has 1 atom stereocenters. The van der Waals surface area contributed by atoms with Crippen molar-refractivity contribution in [3.8, 4) is 11.1 Å². The summed E-state index contributed by atoms with van der Waals surface area (Å²) in [5.41, 5.74) is 7.83. The third-order valence-electron chi connectivity index (χ3n) is 3.93. The number of carbonyl (C=O) groups is 1. The fourth-order valence-corrected chi connectivity index (χ4v) is 2.82. The molecule has 0 bridgehead atoms.